The number of carboxylic acid groups (broad SMARTS) is 1. The molecule has 1 aliphatic heterocycles. The maximum absolute atomic E-state index is 12.0. The molecular weight excluding hydrogens is 262 g/mol. The predicted octanol–water partition coefficient (Wildman–Crippen LogP) is -0.204. The molecule has 1 atom stereocenters. The van der Waals surface area contributed by atoms with Crippen LogP contribution < -0.4 is 10.6 Å². The molecule has 1 aromatic heterocycles. The zero-order chi connectivity index (χ0) is 14.5. The van der Waals surface area contributed by atoms with Gasteiger partial charge in [0.15, 0.2) is 5.69 Å². The number of amides is 1. The minimum absolute atomic E-state index is 0.152. The van der Waals surface area contributed by atoms with Crippen LogP contribution in [0.25, 0.3) is 0 Å². The summed E-state index contributed by atoms with van der Waals surface area (Å²) >= 11 is 0. The van der Waals surface area contributed by atoms with E-state index in [1.165, 1.54) is 0 Å². The molecule has 110 valence electrons. The summed E-state index contributed by atoms with van der Waals surface area (Å²) in [6, 6.07) is -0.655. The fourth-order valence-electron chi connectivity index (χ4n) is 1.92. The number of carbonyl (C=O) groups is 2. The van der Waals surface area contributed by atoms with Crippen LogP contribution in [0.5, 0.6) is 0 Å². The van der Waals surface area contributed by atoms with Gasteiger partial charge in [-0.15, -0.1) is 5.10 Å². The van der Waals surface area contributed by atoms with E-state index in [-0.39, 0.29) is 11.7 Å². The third-order valence-corrected chi connectivity index (χ3v) is 3.33. The first-order valence-electron chi connectivity index (χ1n) is 6.78. The molecule has 0 radical (unpaired) electrons. The first kappa shape index (κ1) is 14.4. The molecule has 1 saturated heterocycles. The number of nitrogens with zero attached hydrogens (tertiary/aromatic N) is 3. The predicted molar refractivity (Wildman–Crippen MR) is 70.3 cm³/mol. The number of hydrogen-bond donors (Lipinski definition) is 3. The van der Waals surface area contributed by atoms with Crippen LogP contribution in [0, 0.1) is 0 Å². The van der Waals surface area contributed by atoms with Gasteiger partial charge in [0.25, 0.3) is 5.91 Å². The molecule has 0 saturated carbocycles. The number of hydrogen-bond acceptors (Lipinski definition) is 5. The highest BCUT2D eigenvalue weighted by Crippen LogP contribution is 2.10. The molecule has 1 aliphatic rings. The van der Waals surface area contributed by atoms with Gasteiger partial charge >= 0.3 is 5.97 Å². The monoisotopic (exact) mass is 281 g/mol. The lowest BCUT2D eigenvalue weighted by Gasteiger charge is -2.26. The smallest absolute Gasteiger partial charge is 0.326 e. The molecule has 8 heteroatoms. The zero-order valence-corrected chi connectivity index (χ0v) is 11.4. The molecule has 8 nitrogen and oxygen atoms in total. The summed E-state index contributed by atoms with van der Waals surface area (Å²) in [6.07, 6.45) is 3.60. The van der Waals surface area contributed by atoms with Gasteiger partial charge in [0, 0.05) is 13.1 Å². The van der Waals surface area contributed by atoms with E-state index in [9.17, 15) is 9.59 Å². The Balaban J connectivity index is 1.95. The standard InChI is InChI=1S/C12H19N5O3/c1-2-3-4-9(12(19)20)14-11(18)10-7-17(16-15-10)8-5-13-6-8/h7-9,13H,2-6H2,1H3,(H,14,18)(H,19,20). The van der Waals surface area contributed by atoms with Gasteiger partial charge in [-0.3, -0.25) is 4.79 Å². The molecule has 2 rings (SSSR count). The van der Waals surface area contributed by atoms with Crippen molar-refractivity contribution in [1.29, 1.82) is 0 Å². The first-order chi connectivity index (χ1) is 9.61. The maximum Gasteiger partial charge on any atom is 0.326 e. The minimum atomic E-state index is -1.03. The Morgan fingerprint density at radius 1 is 1.60 bits per heavy atom. The van der Waals surface area contributed by atoms with E-state index < -0.39 is 17.9 Å². The van der Waals surface area contributed by atoms with Crippen LogP contribution in [-0.2, 0) is 4.79 Å². The van der Waals surface area contributed by atoms with Gasteiger partial charge in [0.05, 0.1) is 12.2 Å². The summed E-state index contributed by atoms with van der Waals surface area (Å²) in [5.74, 6) is -1.52. The molecule has 0 aromatic carbocycles. The first-order valence-corrected chi connectivity index (χ1v) is 6.78. The van der Waals surface area contributed by atoms with Gasteiger partial charge in [-0.2, -0.15) is 0 Å². The number of aromatic nitrogens is 3. The summed E-state index contributed by atoms with van der Waals surface area (Å²) in [6.45, 7) is 3.58. The van der Waals surface area contributed by atoms with E-state index in [1.54, 1.807) is 10.9 Å². The Hall–Kier alpha value is -1.96. The second-order valence-electron chi connectivity index (χ2n) is 4.90. The summed E-state index contributed by atoms with van der Waals surface area (Å²) in [5.41, 5.74) is 0.152. The second-order valence-corrected chi connectivity index (χ2v) is 4.90. The third kappa shape index (κ3) is 3.32. The van der Waals surface area contributed by atoms with Crippen LogP contribution in [-0.4, -0.2) is 51.1 Å². The fourth-order valence-corrected chi connectivity index (χ4v) is 1.92. The number of carbonyl (C=O) groups excluding carboxylic acids is 1. The number of aliphatic carboxylic acids is 1. The van der Waals surface area contributed by atoms with Crippen LogP contribution in [0.3, 0.4) is 0 Å². The lowest BCUT2D eigenvalue weighted by Crippen LogP contribution is -2.43. The van der Waals surface area contributed by atoms with E-state index in [0.29, 0.717) is 6.42 Å². The maximum atomic E-state index is 12.0. The summed E-state index contributed by atoms with van der Waals surface area (Å²) < 4.78 is 1.63. The van der Waals surface area contributed by atoms with Crippen molar-refractivity contribution in [3.8, 4) is 0 Å². The van der Waals surface area contributed by atoms with Crippen molar-refractivity contribution in [2.24, 2.45) is 0 Å². The summed E-state index contributed by atoms with van der Waals surface area (Å²) in [4.78, 5) is 23.0. The lowest BCUT2D eigenvalue weighted by atomic mass is 10.1. The molecule has 0 bridgehead atoms. The molecular formula is C12H19N5O3. The van der Waals surface area contributed by atoms with Crippen molar-refractivity contribution >= 4 is 11.9 Å². The van der Waals surface area contributed by atoms with Crippen LogP contribution in [0.2, 0.25) is 0 Å². The van der Waals surface area contributed by atoms with Gasteiger partial charge in [0.2, 0.25) is 0 Å². The Labute approximate surface area is 116 Å². The SMILES string of the molecule is CCCCC(NC(=O)c1cn(C2CNC2)nn1)C(=O)O. The molecule has 1 fully saturated rings. The van der Waals surface area contributed by atoms with Crippen molar-refractivity contribution in [2.45, 2.75) is 38.3 Å². The van der Waals surface area contributed by atoms with Crippen LogP contribution >= 0.6 is 0 Å². The molecule has 1 aromatic rings. The summed E-state index contributed by atoms with van der Waals surface area (Å²) in [7, 11) is 0. The van der Waals surface area contributed by atoms with Gasteiger partial charge in [-0.05, 0) is 6.42 Å². The van der Waals surface area contributed by atoms with Crippen LogP contribution in [0.15, 0.2) is 6.20 Å². The van der Waals surface area contributed by atoms with E-state index >= 15 is 0 Å². The molecule has 2 heterocycles. The largest absolute Gasteiger partial charge is 0.480 e. The van der Waals surface area contributed by atoms with E-state index in [2.05, 4.69) is 20.9 Å². The molecule has 20 heavy (non-hydrogen) atoms. The topological polar surface area (TPSA) is 109 Å². The number of nitrogens with one attached hydrogen (secondary N) is 2. The molecule has 0 aliphatic carbocycles. The van der Waals surface area contributed by atoms with Gasteiger partial charge < -0.3 is 15.7 Å². The van der Waals surface area contributed by atoms with Gasteiger partial charge in [0.1, 0.15) is 6.04 Å². The Kier molecular flexibility index (Phi) is 4.67. The Bertz CT molecular complexity index is 483. The quantitative estimate of drug-likeness (QED) is 0.638. The highest BCUT2D eigenvalue weighted by molar-refractivity contribution is 5.94. The number of carboxylic acids is 1. The summed E-state index contributed by atoms with van der Waals surface area (Å²) in [5, 5.41) is 22.3. The Morgan fingerprint density at radius 3 is 2.90 bits per heavy atom. The average Bonchev–Trinajstić information content (AvgIpc) is 2.81. The lowest BCUT2D eigenvalue weighted by molar-refractivity contribution is -0.139. The molecule has 0 spiro atoms. The van der Waals surface area contributed by atoms with Crippen molar-refractivity contribution in [3.63, 3.8) is 0 Å². The van der Waals surface area contributed by atoms with Crippen molar-refractivity contribution in [3.05, 3.63) is 11.9 Å². The average molecular weight is 281 g/mol. The van der Waals surface area contributed by atoms with Crippen molar-refractivity contribution in [1.82, 2.24) is 25.6 Å². The van der Waals surface area contributed by atoms with Gasteiger partial charge in [-0.25, -0.2) is 9.48 Å². The van der Waals surface area contributed by atoms with Crippen molar-refractivity contribution < 1.29 is 14.7 Å². The highest BCUT2D eigenvalue weighted by Gasteiger charge is 2.24. The molecule has 3 N–H and O–H groups in total. The number of rotatable bonds is 7. The zero-order valence-electron chi connectivity index (χ0n) is 11.4. The van der Waals surface area contributed by atoms with Crippen molar-refractivity contribution in [2.75, 3.05) is 13.1 Å². The second kappa shape index (κ2) is 6.47. The van der Waals surface area contributed by atoms with E-state index in [1.807, 2.05) is 6.92 Å². The van der Waals surface area contributed by atoms with Crippen LogP contribution in [0.4, 0.5) is 0 Å². The number of unbranched alkanes of at least 4 members (excludes halogenated alkanes) is 1. The highest BCUT2D eigenvalue weighted by atomic mass is 16.4. The third-order valence-electron chi connectivity index (χ3n) is 3.33. The van der Waals surface area contributed by atoms with E-state index in [0.717, 1.165) is 25.9 Å². The normalized spacial score (nSPS) is 16.4. The molecule has 1 unspecified atom stereocenters. The Morgan fingerprint density at radius 2 is 2.35 bits per heavy atom. The van der Waals surface area contributed by atoms with Crippen LogP contribution in [0.1, 0.15) is 42.7 Å². The van der Waals surface area contributed by atoms with E-state index in [4.69, 9.17) is 5.11 Å². The molecule has 1 amide bonds. The van der Waals surface area contributed by atoms with Gasteiger partial charge in [-0.1, -0.05) is 25.0 Å². The fraction of sp³-hybridized carbons (Fsp3) is 0.667. The minimum Gasteiger partial charge on any atom is -0.480 e.